The van der Waals surface area contributed by atoms with E-state index in [9.17, 15) is 23.1 Å². The SMILES string of the molecule is CS(=O)(=O)Nc1cc(O)c(C(=O)CNC=O)cc1Oc1ccccc1. The number of nitrogens with one attached hydrogen (secondary N) is 2. The number of rotatable bonds is 8. The maximum Gasteiger partial charge on any atom is 0.229 e. The highest BCUT2D eigenvalue weighted by Crippen LogP contribution is 2.36. The van der Waals surface area contributed by atoms with Gasteiger partial charge in [-0.15, -0.1) is 0 Å². The maximum atomic E-state index is 12.0. The van der Waals surface area contributed by atoms with E-state index in [4.69, 9.17) is 4.74 Å². The highest BCUT2D eigenvalue weighted by molar-refractivity contribution is 7.92. The van der Waals surface area contributed by atoms with Crippen LogP contribution in [0.4, 0.5) is 5.69 Å². The van der Waals surface area contributed by atoms with Gasteiger partial charge in [0.2, 0.25) is 16.4 Å². The molecule has 0 aliphatic carbocycles. The van der Waals surface area contributed by atoms with E-state index >= 15 is 0 Å². The smallest absolute Gasteiger partial charge is 0.229 e. The Balaban J connectivity index is 2.46. The summed E-state index contributed by atoms with van der Waals surface area (Å²) >= 11 is 0. The second-order valence-electron chi connectivity index (χ2n) is 5.08. The number of aromatic hydroxyl groups is 1. The fourth-order valence-corrected chi connectivity index (χ4v) is 2.56. The van der Waals surface area contributed by atoms with Gasteiger partial charge in [-0.3, -0.25) is 14.3 Å². The second-order valence-corrected chi connectivity index (χ2v) is 6.83. The minimum absolute atomic E-state index is 0.0243. The predicted molar refractivity (Wildman–Crippen MR) is 91.5 cm³/mol. The third kappa shape index (κ3) is 5.21. The van der Waals surface area contributed by atoms with Gasteiger partial charge in [-0.25, -0.2) is 8.42 Å². The van der Waals surface area contributed by atoms with Gasteiger partial charge in [0.15, 0.2) is 11.5 Å². The quantitative estimate of drug-likeness (QED) is 0.482. The van der Waals surface area contributed by atoms with Crippen molar-refractivity contribution in [2.45, 2.75) is 0 Å². The number of carbonyl (C=O) groups is 2. The van der Waals surface area contributed by atoms with E-state index in [0.717, 1.165) is 12.3 Å². The Labute approximate surface area is 144 Å². The number of anilines is 1. The minimum atomic E-state index is -3.64. The van der Waals surface area contributed by atoms with Crippen molar-refractivity contribution in [2.75, 3.05) is 17.5 Å². The zero-order valence-corrected chi connectivity index (χ0v) is 14.0. The molecule has 0 heterocycles. The minimum Gasteiger partial charge on any atom is -0.507 e. The van der Waals surface area contributed by atoms with Gasteiger partial charge in [-0.1, -0.05) is 18.2 Å². The molecule has 0 aliphatic rings. The van der Waals surface area contributed by atoms with Crippen molar-refractivity contribution in [3.05, 3.63) is 48.0 Å². The Kier molecular flexibility index (Phi) is 5.60. The first-order valence-corrected chi connectivity index (χ1v) is 8.97. The number of hydrogen-bond acceptors (Lipinski definition) is 6. The van der Waals surface area contributed by atoms with Crippen LogP contribution in [0.2, 0.25) is 0 Å². The summed E-state index contributed by atoms with van der Waals surface area (Å²) in [4.78, 5) is 22.4. The third-order valence-electron chi connectivity index (χ3n) is 3.01. The fourth-order valence-electron chi connectivity index (χ4n) is 2.00. The van der Waals surface area contributed by atoms with Gasteiger partial charge in [0.25, 0.3) is 0 Å². The van der Waals surface area contributed by atoms with Crippen molar-refractivity contribution in [3.63, 3.8) is 0 Å². The largest absolute Gasteiger partial charge is 0.507 e. The van der Waals surface area contributed by atoms with Gasteiger partial charge >= 0.3 is 0 Å². The van der Waals surface area contributed by atoms with Crippen molar-refractivity contribution in [3.8, 4) is 17.2 Å². The number of sulfonamides is 1. The molecule has 1 amide bonds. The van der Waals surface area contributed by atoms with Gasteiger partial charge in [0, 0.05) is 6.07 Å². The highest BCUT2D eigenvalue weighted by atomic mass is 32.2. The molecule has 0 unspecified atom stereocenters. The highest BCUT2D eigenvalue weighted by Gasteiger charge is 2.18. The summed E-state index contributed by atoms with van der Waals surface area (Å²) in [6.45, 7) is -0.319. The van der Waals surface area contributed by atoms with Gasteiger partial charge in [-0.2, -0.15) is 0 Å². The molecule has 0 atom stereocenters. The number of carbonyl (C=O) groups excluding carboxylic acids is 2. The van der Waals surface area contributed by atoms with E-state index in [-0.39, 0.29) is 23.5 Å². The van der Waals surface area contributed by atoms with Crippen molar-refractivity contribution in [1.29, 1.82) is 0 Å². The molecule has 2 rings (SSSR count). The predicted octanol–water partition coefficient (Wildman–Crippen LogP) is 1.48. The molecule has 3 N–H and O–H groups in total. The van der Waals surface area contributed by atoms with Crippen molar-refractivity contribution < 1.29 is 27.9 Å². The number of para-hydroxylation sites is 1. The number of ether oxygens (including phenoxy) is 1. The lowest BCUT2D eigenvalue weighted by molar-refractivity contribution is -0.109. The lowest BCUT2D eigenvalue weighted by Gasteiger charge is -2.15. The Bertz CT molecular complexity index is 881. The molecule has 25 heavy (non-hydrogen) atoms. The molecule has 2 aromatic carbocycles. The lowest BCUT2D eigenvalue weighted by atomic mass is 10.1. The Morgan fingerprint density at radius 3 is 2.52 bits per heavy atom. The first kappa shape index (κ1) is 18.3. The standard InChI is InChI=1S/C16H16N2O6S/c1-25(22,23)18-13-8-14(20)12(15(21)9-17-10-19)7-16(13)24-11-5-3-2-4-6-11/h2-8,10,18,20H,9H2,1H3,(H,17,19). The van der Waals surface area contributed by atoms with Crippen LogP contribution < -0.4 is 14.8 Å². The molecule has 0 bridgehead atoms. The fraction of sp³-hybridized carbons (Fsp3) is 0.125. The summed E-state index contributed by atoms with van der Waals surface area (Å²) in [7, 11) is -3.64. The molecule has 0 saturated heterocycles. The van der Waals surface area contributed by atoms with E-state index < -0.39 is 21.6 Å². The normalized spacial score (nSPS) is 10.8. The zero-order chi connectivity index (χ0) is 18.4. The van der Waals surface area contributed by atoms with Crippen LogP contribution >= 0.6 is 0 Å². The van der Waals surface area contributed by atoms with Crippen molar-refractivity contribution in [1.82, 2.24) is 5.32 Å². The van der Waals surface area contributed by atoms with Crippen LogP contribution in [-0.4, -0.2) is 38.5 Å². The summed E-state index contributed by atoms with van der Waals surface area (Å²) in [6, 6.07) is 10.8. The summed E-state index contributed by atoms with van der Waals surface area (Å²) in [5.74, 6) is -0.560. The molecule has 0 saturated carbocycles. The molecule has 2 aromatic rings. The molecule has 8 nitrogen and oxygen atoms in total. The molecule has 0 radical (unpaired) electrons. The monoisotopic (exact) mass is 364 g/mol. The van der Waals surface area contributed by atoms with Crippen LogP contribution in [0.15, 0.2) is 42.5 Å². The van der Waals surface area contributed by atoms with Crippen LogP contribution in [-0.2, 0) is 14.8 Å². The van der Waals surface area contributed by atoms with Crippen LogP contribution in [0.1, 0.15) is 10.4 Å². The maximum absolute atomic E-state index is 12.0. The number of benzene rings is 2. The molecule has 0 spiro atoms. The van der Waals surface area contributed by atoms with Gasteiger partial charge < -0.3 is 15.2 Å². The summed E-state index contributed by atoms with van der Waals surface area (Å²) in [5, 5.41) is 12.2. The lowest BCUT2D eigenvalue weighted by Crippen LogP contribution is -2.21. The zero-order valence-electron chi connectivity index (χ0n) is 13.2. The molecule has 0 aromatic heterocycles. The van der Waals surface area contributed by atoms with Crippen LogP contribution in [0.5, 0.6) is 17.2 Å². The average Bonchev–Trinajstić information content (AvgIpc) is 2.54. The molecule has 9 heteroatoms. The van der Waals surface area contributed by atoms with Crippen molar-refractivity contribution >= 4 is 27.9 Å². The Hall–Kier alpha value is -3.07. The number of phenolic OH excluding ortho intramolecular Hbond substituents is 1. The van der Waals surface area contributed by atoms with Gasteiger partial charge in [0.05, 0.1) is 24.1 Å². The molecular weight excluding hydrogens is 348 g/mol. The van der Waals surface area contributed by atoms with Crippen LogP contribution in [0.3, 0.4) is 0 Å². The van der Waals surface area contributed by atoms with E-state index in [1.165, 1.54) is 6.07 Å². The molecular formula is C16H16N2O6S. The van der Waals surface area contributed by atoms with Crippen molar-refractivity contribution in [2.24, 2.45) is 0 Å². The number of hydrogen-bond donors (Lipinski definition) is 3. The number of phenols is 1. The molecule has 0 fully saturated rings. The number of ketones is 1. The Morgan fingerprint density at radius 2 is 1.92 bits per heavy atom. The van der Waals surface area contributed by atoms with E-state index in [2.05, 4.69) is 10.0 Å². The van der Waals surface area contributed by atoms with E-state index in [1.807, 2.05) is 0 Å². The van der Waals surface area contributed by atoms with Gasteiger partial charge in [-0.05, 0) is 18.2 Å². The molecule has 0 aliphatic heterocycles. The van der Waals surface area contributed by atoms with E-state index in [0.29, 0.717) is 12.2 Å². The summed E-state index contributed by atoms with van der Waals surface area (Å²) in [6.07, 6.45) is 1.30. The first-order valence-electron chi connectivity index (χ1n) is 7.08. The van der Waals surface area contributed by atoms with Crippen LogP contribution in [0, 0.1) is 0 Å². The average molecular weight is 364 g/mol. The Morgan fingerprint density at radius 1 is 1.24 bits per heavy atom. The molecule has 132 valence electrons. The number of amides is 1. The van der Waals surface area contributed by atoms with Gasteiger partial charge in [0.1, 0.15) is 11.5 Å². The van der Waals surface area contributed by atoms with E-state index in [1.54, 1.807) is 30.3 Å². The summed E-state index contributed by atoms with van der Waals surface area (Å²) in [5.41, 5.74) is -0.136. The number of Topliss-reactive ketones (excluding diaryl/α,β-unsaturated/α-hetero) is 1. The first-order chi connectivity index (χ1) is 11.8. The van der Waals surface area contributed by atoms with Crippen LogP contribution in [0.25, 0.3) is 0 Å². The topological polar surface area (TPSA) is 122 Å². The summed E-state index contributed by atoms with van der Waals surface area (Å²) < 4.78 is 30.9. The second kappa shape index (κ2) is 7.67. The third-order valence-corrected chi connectivity index (χ3v) is 3.60.